The first-order valence-electron chi connectivity index (χ1n) is 12.6. The summed E-state index contributed by atoms with van der Waals surface area (Å²) < 4.78 is 0. The number of carboxylic acid groups (broad SMARTS) is 1. The fourth-order valence-electron chi connectivity index (χ4n) is 4.55. The molecule has 2 aromatic carbocycles. The van der Waals surface area contributed by atoms with Crippen LogP contribution in [0.5, 0.6) is 0 Å². The average Bonchev–Trinajstić information content (AvgIpc) is 3.14. The molecule has 3 amide bonds. The van der Waals surface area contributed by atoms with E-state index in [1.165, 1.54) is 4.90 Å². The Kier molecular flexibility index (Phi) is 10.4. The maximum Gasteiger partial charge on any atom is 0.326 e. The van der Waals surface area contributed by atoms with Crippen LogP contribution in [0.3, 0.4) is 0 Å². The zero-order chi connectivity index (χ0) is 27.7. The lowest BCUT2D eigenvalue weighted by atomic mass is 10.0. The molecule has 0 spiro atoms. The second-order valence-electron chi connectivity index (χ2n) is 9.34. The van der Waals surface area contributed by atoms with E-state index in [2.05, 4.69) is 10.6 Å². The molecule has 1 fully saturated rings. The van der Waals surface area contributed by atoms with Gasteiger partial charge < -0.3 is 25.4 Å². The Labute approximate surface area is 226 Å². The molecule has 1 aliphatic rings. The Balaban J connectivity index is 1.66. The van der Waals surface area contributed by atoms with Crippen molar-refractivity contribution in [1.29, 1.82) is 0 Å². The summed E-state index contributed by atoms with van der Waals surface area (Å²) in [5, 5.41) is 15.5. The number of rotatable bonds is 10. The largest absolute Gasteiger partial charge is 0.480 e. The van der Waals surface area contributed by atoms with E-state index in [1.807, 2.05) is 0 Å². The summed E-state index contributed by atoms with van der Waals surface area (Å²) in [6, 6.07) is 9.88. The van der Waals surface area contributed by atoms with Gasteiger partial charge >= 0.3 is 5.97 Å². The van der Waals surface area contributed by atoms with E-state index in [-0.39, 0.29) is 31.1 Å². The zero-order valence-corrected chi connectivity index (χ0v) is 22.0. The van der Waals surface area contributed by atoms with Crippen molar-refractivity contribution in [3.05, 3.63) is 64.2 Å². The van der Waals surface area contributed by atoms with Crippen LogP contribution in [-0.4, -0.2) is 58.6 Å². The van der Waals surface area contributed by atoms with E-state index in [9.17, 15) is 29.1 Å². The first-order valence-corrected chi connectivity index (χ1v) is 13.0. The lowest BCUT2D eigenvalue weighted by Crippen LogP contribution is -2.53. The highest BCUT2D eigenvalue weighted by Crippen LogP contribution is 2.22. The van der Waals surface area contributed by atoms with Gasteiger partial charge in [0.2, 0.25) is 11.8 Å². The van der Waals surface area contributed by atoms with Crippen LogP contribution in [0.4, 0.5) is 5.69 Å². The number of amides is 3. The summed E-state index contributed by atoms with van der Waals surface area (Å²) in [5.74, 6) is -2.35. The number of benzene rings is 2. The number of likely N-dealkylation sites (tertiary alicyclic amines) is 1. The number of anilines is 1. The van der Waals surface area contributed by atoms with Gasteiger partial charge in [0.15, 0.2) is 0 Å². The first kappa shape index (κ1) is 28.8. The molecule has 1 aliphatic heterocycles. The number of halogens is 1. The topological polar surface area (TPSA) is 133 Å². The van der Waals surface area contributed by atoms with Crippen molar-refractivity contribution in [1.82, 2.24) is 10.2 Å². The van der Waals surface area contributed by atoms with Crippen molar-refractivity contribution in [2.75, 3.05) is 11.9 Å². The van der Waals surface area contributed by atoms with Crippen LogP contribution in [0.15, 0.2) is 42.5 Å². The summed E-state index contributed by atoms with van der Waals surface area (Å²) in [6.45, 7) is 2.19. The van der Waals surface area contributed by atoms with Gasteiger partial charge in [0.05, 0.1) is 10.6 Å². The predicted molar refractivity (Wildman–Crippen MR) is 143 cm³/mol. The highest BCUT2D eigenvalue weighted by atomic mass is 35.5. The molecule has 0 bridgehead atoms. The predicted octanol–water partition coefficient (Wildman–Crippen LogP) is 3.76. The molecule has 0 aromatic heterocycles. The van der Waals surface area contributed by atoms with Crippen LogP contribution >= 0.6 is 11.6 Å². The lowest BCUT2D eigenvalue weighted by molar-refractivity contribution is -0.145. The van der Waals surface area contributed by atoms with Crippen LogP contribution < -0.4 is 10.6 Å². The van der Waals surface area contributed by atoms with Gasteiger partial charge in [0.1, 0.15) is 18.4 Å². The highest BCUT2D eigenvalue weighted by Gasteiger charge is 2.33. The maximum absolute atomic E-state index is 13.1. The van der Waals surface area contributed by atoms with Gasteiger partial charge in [-0.1, -0.05) is 48.7 Å². The van der Waals surface area contributed by atoms with Crippen LogP contribution in [0.1, 0.15) is 60.0 Å². The normalized spacial score (nSPS) is 16.2. The molecule has 1 saturated heterocycles. The third kappa shape index (κ3) is 7.64. The molecule has 38 heavy (non-hydrogen) atoms. The Morgan fingerprint density at radius 2 is 1.84 bits per heavy atom. The fraction of sp³-hybridized carbons (Fsp3) is 0.393. The number of aldehydes is 1. The number of carboxylic acids is 1. The van der Waals surface area contributed by atoms with Gasteiger partial charge in [-0.3, -0.25) is 14.4 Å². The molecule has 3 rings (SSSR count). The van der Waals surface area contributed by atoms with Crippen molar-refractivity contribution >= 4 is 47.3 Å². The molecule has 2 aromatic rings. The zero-order valence-electron chi connectivity index (χ0n) is 21.2. The number of carbonyl (C=O) groups is 5. The third-order valence-corrected chi connectivity index (χ3v) is 6.88. The second-order valence-corrected chi connectivity index (χ2v) is 9.75. The van der Waals surface area contributed by atoms with Crippen molar-refractivity contribution in [3.63, 3.8) is 0 Å². The van der Waals surface area contributed by atoms with E-state index in [0.29, 0.717) is 41.1 Å². The minimum Gasteiger partial charge on any atom is -0.480 e. The lowest BCUT2D eigenvalue weighted by Gasteiger charge is -2.30. The quantitative estimate of drug-likeness (QED) is 0.392. The molecule has 1 unspecified atom stereocenters. The Morgan fingerprint density at radius 3 is 2.50 bits per heavy atom. The van der Waals surface area contributed by atoms with Gasteiger partial charge in [-0.05, 0) is 49.1 Å². The van der Waals surface area contributed by atoms with E-state index >= 15 is 0 Å². The van der Waals surface area contributed by atoms with Crippen LogP contribution in [-0.2, 0) is 25.6 Å². The van der Waals surface area contributed by atoms with Gasteiger partial charge in [-0.15, -0.1) is 0 Å². The number of carbonyl (C=O) groups excluding carboxylic acids is 4. The molecular formula is C28H32ClN3O6. The fourth-order valence-corrected chi connectivity index (χ4v) is 4.85. The monoisotopic (exact) mass is 541 g/mol. The summed E-state index contributed by atoms with van der Waals surface area (Å²) in [4.78, 5) is 62.5. The van der Waals surface area contributed by atoms with Gasteiger partial charge in [0.25, 0.3) is 5.91 Å². The number of hydrogen-bond donors (Lipinski definition) is 3. The number of hydrogen-bond acceptors (Lipinski definition) is 5. The molecule has 0 radical (unpaired) electrons. The molecule has 3 N–H and O–H groups in total. The SMILES string of the molecule is Cc1cccc(Cl)c1C(=O)Nc1ccc(C[C@H](NC(=O)C2CCCCCN2C(=O)CCC=O)C(=O)O)cc1. The molecule has 2 atom stereocenters. The van der Waals surface area contributed by atoms with Gasteiger partial charge in [-0.25, -0.2) is 4.79 Å². The maximum atomic E-state index is 13.1. The van der Waals surface area contributed by atoms with Gasteiger partial charge in [0, 0.05) is 31.5 Å². The second kappa shape index (κ2) is 13.7. The molecule has 10 heteroatoms. The molecule has 0 aliphatic carbocycles. The smallest absolute Gasteiger partial charge is 0.326 e. The van der Waals surface area contributed by atoms with Crippen molar-refractivity contribution < 1.29 is 29.1 Å². The van der Waals surface area contributed by atoms with E-state index in [0.717, 1.165) is 24.8 Å². The number of nitrogens with zero attached hydrogens (tertiary/aromatic N) is 1. The minimum atomic E-state index is -1.20. The summed E-state index contributed by atoms with van der Waals surface area (Å²) in [5.41, 5.74) is 2.27. The molecule has 0 saturated carbocycles. The number of aryl methyl sites for hydroxylation is 1. The highest BCUT2D eigenvalue weighted by molar-refractivity contribution is 6.34. The average molecular weight is 542 g/mol. The molecule has 9 nitrogen and oxygen atoms in total. The van der Waals surface area contributed by atoms with E-state index in [1.54, 1.807) is 49.4 Å². The Morgan fingerprint density at radius 1 is 1.11 bits per heavy atom. The van der Waals surface area contributed by atoms with Crippen LogP contribution in [0.25, 0.3) is 0 Å². The minimum absolute atomic E-state index is 0.0186. The van der Waals surface area contributed by atoms with Crippen molar-refractivity contribution in [2.24, 2.45) is 0 Å². The Hall–Kier alpha value is -3.72. The summed E-state index contributed by atoms with van der Waals surface area (Å²) >= 11 is 6.17. The standard InChI is InChI=1S/C28H32ClN3O6/c1-18-7-5-8-21(29)25(18)27(36)30-20-13-11-19(12-14-20)17-22(28(37)38)31-26(35)23-9-3-2-4-15-32(23)24(34)10-6-16-33/h5,7-8,11-14,16,22-23H,2-4,6,9-10,15,17H2,1H3,(H,30,36)(H,31,35)(H,37,38)/t22-,23?/m0/s1. The summed E-state index contributed by atoms with van der Waals surface area (Å²) in [7, 11) is 0. The Bertz CT molecular complexity index is 1160. The molecule has 202 valence electrons. The van der Waals surface area contributed by atoms with Gasteiger partial charge in [-0.2, -0.15) is 0 Å². The molecule has 1 heterocycles. The van der Waals surface area contributed by atoms with Crippen LogP contribution in [0.2, 0.25) is 5.02 Å². The summed E-state index contributed by atoms with van der Waals surface area (Å²) in [6.07, 6.45) is 3.58. The van der Waals surface area contributed by atoms with E-state index < -0.39 is 24.0 Å². The number of aliphatic carboxylic acids is 1. The first-order chi connectivity index (χ1) is 18.2. The van der Waals surface area contributed by atoms with E-state index in [4.69, 9.17) is 11.6 Å². The van der Waals surface area contributed by atoms with Crippen molar-refractivity contribution in [2.45, 2.75) is 64.0 Å². The van der Waals surface area contributed by atoms with Crippen molar-refractivity contribution in [3.8, 4) is 0 Å². The van der Waals surface area contributed by atoms with Crippen LogP contribution in [0, 0.1) is 6.92 Å². The molecular weight excluding hydrogens is 510 g/mol. The third-order valence-electron chi connectivity index (χ3n) is 6.57. The number of nitrogens with one attached hydrogen (secondary N) is 2.